The van der Waals surface area contributed by atoms with Gasteiger partial charge in [0.15, 0.2) is 0 Å². The van der Waals surface area contributed by atoms with Crippen LogP contribution in [0, 0.1) is 0 Å². The van der Waals surface area contributed by atoms with E-state index < -0.39 is 74.0 Å². The molecule has 0 aliphatic carbocycles. The van der Waals surface area contributed by atoms with E-state index in [0.29, 0.717) is 0 Å². The average molecular weight is 545 g/mol. The van der Waals surface area contributed by atoms with Gasteiger partial charge in [-0.3, -0.25) is 28.8 Å². The lowest BCUT2D eigenvalue weighted by atomic mass is 10.2. The molecule has 0 bridgehead atoms. The summed E-state index contributed by atoms with van der Waals surface area (Å²) in [5, 5.41) is 11.9. The van der Waals surface area contributed by atoms with Crippen molar-refractivity contribution in [1.29, 1.82) is 0 Å². The van der Waals surface area contributed by atoms with Gasteiger partial charge in [0.1, 0.15) is 25.2 Å². The molecular formula is C23H40N6O9. The number of carbonyl (C=O) groups excluding carboxylic acids is 7. The summed E-state index contributed by atoms with van der Waals surface area (Å²) in [5.74, 6) is -4.08. The number of hydrogen-bond donors (Lipinski definition) is 5. The van der Waals surface area contributed by atoms with Gasteiger partial charge in [-0.15, -0.1) is 0 Å². The van der Waals surface area contributed by atoms with E-state index in [-0.39, 0.29) is 18.5 Å². The number of ether oxygens (including phenoxy) is 2. The Morgan fingerprint density at radius 3 is 1.74 bits per heavy atom. The van der Waals surface area contributed by atoms with E-state index >= 15 is 0 Å². The summed E-state index contributed by atoms with van der Waals surface area (Å²) < 4.78 is 9.52. The topological polar surface area (TPSA) is 201 Å². The van der Waals surface area contributed by atoms with E-state index in [1.807, 2.05) is 13.8 Å². The van der Waals surface area contributed by atoms with Crippen molar-refractivity contribution in [3.8, 4) is 0 Å². The second-order valence-electron chi connectivity index (χ2n) is 9.09. The van der Waals surface area contributed by atoms with Gasteiger partial charge in [0.25, 0.3) is 0 Å². The second kappa shape index (κ2) is 17.5. The Morgan fingerprint density at radius 2 is 1.21 bits per heavy atom. The van der Waals surface area contributed by atoms with Crippen LogP contribution in [0.3, 0.4) is 0 Å². The van der Waals surface area contributed by atoms with Crippen molar-refractivity contribution in [2.45, 2.75) is 59.1 Å². The van der Waals surface area contributed by atoms with Crippen LogP contribution in [0.4, 0.5) is 4.79 Å². The SMILES string of the molecule is CCC(CC)NC(=O)CNC(=O)CNC(=O)CN(CC(=O)OC)C(=O)CNC(=O)CNC(=O)OC(C)(C)C. The Balaban J connectivity index is 4.67. The molecule has 0 aromatic carbocycles. The van der Waals surface area contributed by atoms with Crippen LogP contribution < -0.4 is 26.6 Å². The molecule has 6 amide bonds. The maximum Gasteiger partial charge on any atom is 0.408 e. The zero-order valence-electron chi connectivity index (χ0n) is 22.9. The number of alkyl carbamates (subject to hydrolysis) is 1. The molecule has 15 heteroatoms. The molecule has 0 spiro atoms. The highest BCUT2D eigenvalue weighted by Gasteiger charge is 2.22. The fourth-order valence-electron chi connectivity index (χ4n) is 2.69. The first-order valence-corrected chi connectivity index (χ1v) is 12.1. The summed E-state index contributed by atoms with van der Waals surface area (Å²) in [6, 6.07) is 0.00320. The van der Waals surface area contributed by atoms with E-state index in [1.54, 1.807) is 20.8 Å². The van der Waals surface area contributed by atoms with Crippen LogP contribution >= 0.6 is 0 Å². The molecule has 5 N–H and O–H groups in total. The van der Waals surface area contributed by atoms with E-state index in [4.69, 9.17) is 4.74 Å². The highest BCUT2D eigenvalue weighted by atomic mass is 16.6. The van der Waals surface area contributed by atoms with Crippen molar-refractivity contribution in [2.75, 3.05) is 46.4 Å². The Hall–Kier alpha value is -3.91. The van der Waals surface area contributed by atoms with Crippen molar-refractivity contribution in [2.24, 2.45) is 0 Å². The van der Waals surface area contributed by atoms with Crippen LogP contribution in [0.5, 0.6) is 0 Å². The maximum atomic E-state index is 12.5. The molecule has 0 fully saturated rings. The van der Waals surface area contributed by atoms with Crippen molar-refractivity contribution in [1.82, 2.24) is 31.5 Å². The lowest BCUT2D eigenvalue weighted by molar-refractivity contribution is -0.148. The molecule has 0 atom stereocenters. The van der Waals surface area contributed by atoms with E-state index in [2.05, 4.69) is 31.3 Å². The summed E-state index contributed by atoms with van der Waals surface area (Å²) in [5.41, 5.74) is -0.756. The van der Waals surface area contributed by atoms with Crippen LogP contribution in [0.15, 0.2) is 0 Å². The first-order chi connectivity index (χ1) is 17.7. The number of methoxy groups -OCH3 is 1. The average Bonchev–Trinajstić information content (AvgIpc) is 2.84. The van der Waals surface area contributed by atoms with Crippen molar-refractivity contribution >= 4 is 41.6 Å². The monoisotopic (exact) mass is 544 g/mol. The molecule has 38 heavy (non-hydrogen) atoms. The van der Waals surface area contributed by atoms with Crippen LogP contribution in [-0.2, 0) is 38.2 Å². The summed E-state index contributed by atoms with van der Waals surface area (Å²) in [6.07, 6.45) is 0.679. The summed E-state index contributed by atoms with van der Waals surface area (Å²) in [6.45, 7) is 5.83. The molecule has 0 heterocycles. The zero-order chi connectivity index (χ0) is 29.3. The van der Waals surface area contributed by atoms with Crippen LogP contribution in [0.2, 0.25) is 0 Å². The first kappa shape index (κ1) is 34.1. The van der Waals surface area contributed by atoms with Gasteiger partial charge in [-0.25, -0.2) is 4.79 Å². The predicted molar refractivity (Wildman–Crippen MR) is 134 cm³/mol. The molecule has 0 radical (unpaired) electrons. The smallest absolute Gasteiger partial charge is 0.408 e. The Bertz CT molecular complexity index is 853. The van der Waals surface area contributed by atoms with Crippen LogP contribution in [0.25, 0.3) is 0 Å². The fourth-order valence-corrected chi connectivity index (χ4v) is 2.69. The number of carbonyl (C=O) groups is 7. The molecule has 0 aliphatic heterocycles. The predicted octanol–water partition coefficient (Wildman–Crippen LogP) is -1.83. The minimum Gasteiger partial charge on any atom is -0.468 e. The largest absolute Gasteiger partial charge is 0.468 e. The third-order valence-corrected chi connectivity index (χ3v) is 4.71. The minimum absolute atomic E-state index is 0.00320. The number of amides is 6. The number of nitrogens with zero attached hydrogens (tertiary/aromatic N) is 1. The highest BCUT2D eigenvalue weighted by Crippen LogP contribution is 2.06. The fraction of sp³-hybridized carbons (Fsp3) is 0.696. The quantitative estimate of drug-likeness (QED) is 0.147. The molecule has 0 unspecified atom stereocenters. The standard InChI is InChI=1S/C23H40N6O9/c1-7-15(8-2)28-18(32)11-24-16(30)9-25-19(33)13-29(14-21(35)37-6)20(34)12-26-17(31)10-27-22(36)38-23(3,4)5/h15H,7-14H2,1-6H3,(H,24,30)(H,25,33)(H,26,31)(H,27,36)(H,28,32). The van der Waals surface area contributed by atoms with Crippen molar-refractivity contribution in [3.63, 3.8) is 0 Å². The van der Waals surface area contributed by atoms with Gasteiger partial charge < -0.3 is 41.0 Å². The molecule has 0 rings (SSSR count). The second-order valence-corrected chi connectivity index (χ2v) is 9.09. The van der Waals surface area contributed by atoms with E-state index in [1.165, 1.54) is 0 Å². The van der Waals surface area contributed by atoms with Crippen LogP contribution in [-0.4, -0.2) is 105 Å². The normalized spacial score (nSPS) is 10.6. The Kier molecular flexibility index (Phi) is 15.7. The zero-order valence-corrected chi connectivity index (χ0v) is 22.9. The first-order valence-electron chi connectivity index (χ1n) is 12.1. The van der Waals surface area contributed by atoms with E-state index in [9.17, 15) is 33.6 Å². The highest BCUT2D eigenvalue weighted by molar-refractivity contribution is 5.93. The summed E-state index contributed by atoms with van der Waals surface area (Å²) >= 11 is 0. The number of nitrogens with one attached hydrogen (secondary N) is 5. The lowest BCUT2D eigenvalue weighted by Crippen LogP contribution is -2.49. The lowest BCUT2D eigenvalue weighted by Gasteiger charge is -2.21. The number of hydrogen-bond acceptors (Lipinski definition) is 9. The third-order valence-electron chi connectivity index (χ3n) is 4.71. The molecule has 0 aromatic heterocycles. The third kappa shape index (κ3) is 16.7. The van der Waals surface area contributed by atoms with Gasteiger partial charge >= 0.3 is 12.1 Å². The Morgan fingerprint density at radius 1 is 0.711 bits per heavy atom. The van der Waals surface area contributed by atoms with Crippen molar-refractivity contribution in [3.05, 3.63) is 0 Å². The molecule has 0 saturated carbocycles. The van der Waals surface area contributed by atoms with Gasteiger partial charge in [0.05, 0.1) is 26.7 Å². The number of esters is 1. The molecular weight excluding hydrogens is 504 g/mol. The molecule has 15 nitrogen and oxygen atoms in total. The molecule has 0 aliphatic rings. The van der Waals surface area contributed by atoms with Gasteiger partial charge in [0, 0.05) is 6.04 Å². The van der Waals surface area contributed by atoms with Gasteiger partial charge in [-0.2, -0.15) is 0 Å². The molecule has 0 saturated heterocycles. The van der Waals surface area contributed by atoms with E-state index in [0.717, 1.165) is 24.9 Å². The summed E-state index contributed by atoms with van der Waals surface area (Å²) in [4.78, 5) is 84.6. The molecule has 0 aromatic rings. The Labute approximate surface area is 222 Å². The summed E-state index contributed by atoms with van der Waals surface area (Å²) in [7, 11) is 1.10. The van der Waals surface area contributed by atoms with Gasteiger partial charge in [-0.1, -0.05) is 13.8 Å². The number of rotatable bonds is 15. The minimum atomic E-state index is -0.821. The van der Waals surface area contributed by atoms with Crippen molar-refractivity contribution < 1.29 is 43.0 Å². The maximum absolute atomic E-state index is 12.5. The van der Waals surface area contributed by atoms with Crippen LogP contribution in [0.1, 0.15) is 47.5 Å². The van der Waals surface area contributed by atoms with Gasteiger partial charge in [-0.05, 0) is 33.6 Å². The molecule has 216 valence electrons. The van der Waals surface area contributed by atoms with Gasteiger partial charge in [0.2, 0.25) is 29.5 Å².